The summed E-state index contributed by atoms with van der Waals surface area (Å²) in [6.07, 6.45) is -1.01. The summed E-state index contributed by atoms with van der Waals surface area (Å²) >= 11 is 0. The number of nitrogens with zero attached hydrogens (tertiary/aromatic N) is 1. The largest absolute Gasteiger partial charge is 0.482 e. The smallest absolute Gasteiger partial charge is 0.344 e. The number of hydrogen-bond acceptors (Lipinski definition) is 6. The predicted octanol–water partition coefficient (Wildman–Crippen LogP) is 3.98. The van der Waals surface area contributed by atoms with Gasteiger partial charge < -0.3 is 14.8 Å². The highest BCUT2D eigenvalue weighted by molar-refractivity contribution is 5.96. The van der Waals surface area contributed by atoms with Gasteiger partial charge in [0.25, 0.3) is 11.6 Å². The predicted molar refractivity (Wildman–Crippen MR) is 108 cm³/mol. The Morgan fingerprint density at radius 2 is 1.76 bits per heavy atom. The first-order valence-corrected chi connectivity index (χ1v) is 9.16. The van der Waals surface area contributed by atoms with E-state index in [4.69, 9.17) is 9.47 Å². The molecular weight excluding hydrogens is 376 g/mol. The van der Waals surface area contributed by atoms with E-state index in [1.54, 1.807) is 0 Å². The number of rotatable bonds is 8. The third-order valence-corrected chi connectivity index (χ3v) is 4.26. The van der Waals surface area contributed by atoms with Crippen molar-refractivity contribution in [3.63, 3.8) is 0 Å². The van der Waals surface area contributed by atoms with Crippen molar-refractivity contribution in [2.75, 3.05) is 11.9 Å². The molecule has 2 aromatic rings. The summed E-state index contributed by atoms with van der Waals surface area (Å²) in [5.41, 5.74) is 2.56. The lowest BCUT2D eigenvalue weighted by molar-refractivity contribution is -0.384. The molecule has 0 aliphatic heterocycles. The van der Waals surface area contributed by atoms with Gasteiger partial charge in [0.1, 0.15) is 5.75 Å². The van der Waals surface area contributed by atoms with Crippen LogP contribution in [0.15, 0.2) is 42.5 Å². The third kappa shape index (κ3) is 6.03. The van der Waals surface area contributed by atoms with Gasteiger partial charge in [-0.05, 0) is 43.0 Å². The van der Waals surface area contributed by atoms with Crippen molar-refractivity contribution >= 4 is 23.3 Å². The van der Waals surface area contributed by atoms with E-state index in [-0.39, 0.29) is 17.4 Å². The van der Waals surface area contributed by atoms with Crippen molar-refractivity contribution in [3.05, 3.63) is 63.7 Å². The minimum atomic E-state index is -1.01. The standard InChI is InChI=1S/C21H24N2O6/c1-13(2)18-7-5-6-14(3)20(18)22-21(25)15(4)29-19(24)12-28-17-10-8-16(9-11-17)23(26)27/h5-11,13,15H,12H2,1-4H3,(H,22,25)/t15-/m1/s1. The fourth-order valence-electron chi connectivity index (χ4n) is 2.66. The van der Waals surface area contributed by atoms with Crippen molar-refractivity contribution < 1.29 is 24.0 Å². The lowest BCUT2D eigenvalue weighted by atomic mass is 9.98. The zero-order chi connectivity index (χ0) is 21.6. The Morgan fingerprint density at radius 1 is 1.10 bits per heavy atom. The highest BCUT2D eigenvalue weighted by Crippen LogP contribution is 2.27. The molecule has 8 heteroatoms. The number of carbonyl (C=O) groups excluding carboxylic acids is 2. The SMILES string of the molecule is Cc1cccc(C(C)C)c1NC(=O)[C@@H](C)OC(=O)COc1ccc([N+](=O)[O-])cc1. The van der Waals surface area contributed by atoms with Crippen LogP contribution in [-0.2, 0) is 14.3 Å². The van der Waals surface area contributed by atoms with E-state index in [2.05, 4.69) is 5.32 Å². The Balaban J connectivity index is 1.91. The summed E-state index contributed by atoms with van der Waals surface area (Å²) < 4.78 is 10.4. The van der Waals surface area contributed by atoms with Crippen LogP contribution in [0.2, 0.25) is 0 Å². The maximum Gasteiger partial charge on any atom is 0.344 e. The van der Waals surface area contributed by atoms with E-state index in [1.165, 1.54) is 31.2 Å². The van der Waals surface area contributed by atoms with Gasteiger partial charge in [-0.15, -0.1) is 0 Å². The van der Waals surface area contributed by atoms with Crippen molar-refractivity contribution in [1.82, 2.24) is 0 Å². The molecule has 0 aliphatic rings. The quantitative estimate of drug-likeness (QED) is 0.408. The second-order valence-corrected chi connectivity index (χ2v) is 6.85. The normalized spacial score (nSPS) is 11.6. The van der Waals surface area contributed by atoms with E-state index in [9.17, 15) is 19.7 Å². The fourth-order valence-corrected chi connectivity index (χ4v) is 2.66. The second kappa shape index (κ2) is 9.68. The van der Waals surface area contributed by atoms with Crippen LogP contribution in [-0.4, -0.2) is 29.5 Å². The van der Waals surface area contributed by atoms with Crippen LogP contribution in [0, 0.1) is 17.0 Å². The zero-order valence-corrected chi connectivity index (χ0v) is 16.8. The average Bonchev–Trinajstić information content (AvgIpc) is 2.67. The molecule has 0 fully saturated rings. The van der Waals surface area contributed by atoms with Crippen LogP contribution in [0.5, 0.6) is 5.75 Å². The van der Waals surface area contributed by atoms with Crippen LogP contribution in [0.1, 0.15) is 37.8 Å². The summed E-state index contributed by atoms with van der Waals surface area (Å²) in [5, 5.41) is 13.5. The number of esters is 1. The molecule has 0 radical (unpaired) electrons. The topological polar surface area (TPSA) is 108 Å². The maximum absolute atomic E-state index is 12.5. The number of anilines is 1. The Morgan fingerprint density at radius 3 is 2.34 bits per heavy atom. The van der Waals surface area contributed by atoms with Crippen LogP contribution in [0.3, 0.4) is 0 Å². The number of ether oxygens (including phenoxy) is 2. The molecule has 0 saturated heterocycles. The first-order chi connectivity index (χ1) is 13.7. The van der Waals surface area contributed by atoms with Crippen molar-refractivity contribution in [2.45, 2.75) is 39.7 Å². The lowest BCUT2D eigenvalue weighted by Gasteiger charge is -2.19. The van der Waals surface area contributed by atoms with Gasteiger partial charge in [-0.25, -0.2) is 4.79 Å². The molecule has 29 heavy (non-hydrogen) atoms. The van der Waals surface area contributed by atoms with E-state index in [1.807, 2.05) is 39.0 Å². The molecule has 0 spiro atoms. The van der Waals surface area contributed by atoms with Gasteiger partial charge in [-0.2, -0.15) is 0 Å². The Hall–Kier alpha value is -3.42. The van der Waals surface area contributed by atoms with Gasteiger partial charge in [0.05, 0.1) is 4.92 Å². The molecule has 0 saturated carbocycles. The molecule has 0 aliphatic carbocycles. The fraction of sp³-hybridized carbons (Fsp3) is 0.333. The average molecular weight is 400 g/mol. The first kappa shape index (κ1) is 21.9. The third-order valence-electron chi connectivity index (χ3n) is 4.26. The first-order valence-electron chi connectivity index (χ1n) is 9.16. The number of nitro benzene ring substituents is 1. The van der Waals surface area contributed by atoms with E-state index < -0.39 is 29.5 Å². The molecule has 2 aromatic carbocycles. The Labute approximate surface area is 169 Å². The van der Waals surface area contributed by atoms with Gasteiger partial charge >= 0.3 is 5.97 Å². The summed E-state index contributed by atoms with van der Waals surface area (Å²) in [4.78, 5) is 34.5. The number of amides is 1. The molecule has 154 valence electrons. The van der Waals surface area contributed by atoms with Crippen LogP contribution in [0.25, 0.3) is 0 Å². The summed E-state index contributed by atoms with van der Waals surface area (Å²) in [7, 11) is 0. The molecule has 2 rings (SSSR count). The molecule has 0 aromatic heterocycles. The monoisotopic (exact) mass is 400 g/mol. The molecule has 0 bridgehead atoms. The van der Waals surface area contributed by atoms with Gasteiger partial charge in [0, 0.05) is 17.8 Å². The van der Waals surface area contributed by atoms with Gasteiger partial charge in [0.15, 0.2) is 12.7 Å². The Kier molecular flexibility index (Phi) is 7.30. The van der Waals surface area contributed by atoms with Crippen LogP contribution in [0.4, 0.5) is 11.4 Å². The lowest BCUT2D eigenvalue weighted by Crippen LogP contribution is -2.32. The molecular formula is C21H24N2O6. The van der Waals surface area contributed by atoms with Crippen molar-refractivity contribution in [1.29, 1.82) is 0 Å². The summed E-state index contributed by atoms with van der Waals surface area (Å²) in [6, 6.07) is 11.1. The molecule has 1 amide bonds. The van der Waals surface area contributed by atoms with Crippen LogP contribution < -0.4 is 10.1 Å². The number of non-ortho nitro benzene ring substituents is 1. The molecule has 0 heterocycles. The Bertz CT molecular complexity index is 893. The summed E-state index contributed by atoms with van der Waals surface area (Å²) in [6.45, 7) is 7.02. The molecule has 8 nitrogen and oxygen atoms in total. The zero-order valence-electron chi connectivity index (χ0n) is 16.8. The minimum Gasteiger partial charge on any atom is -0.482 e. The maximum atomic E-state index is 12.5. The molecule has 1 N–H and O–H groups in total. The van der Waals surface area contributed by atoms with E-state index >= 15 is 0 Å². The highest BCUT2D eigenvalue weighted by atomic mass is 16.6. The summed E-state index contributed by atoms with van der Waals surface area (Å²) in [5.74, 6) is -0.658. The number of aryl methyl sites for hydroxylation is 1. The van der Waals surface area contributed by atoms with Gasteiger partial charge in [-0.3, -0.25) is 14.9 Å². The van der Waals surface area contributed by atoms with E-state index in [0.717, 1.165) is 16.8 Å². The number of nitrogens with one attached hydrogen (secondary N) is 1. The second-order valence-electron chi connectivity index (χ2n) is 6.85. The number of carbonyl (C=O) groups is 2. The van der Waals surface area contributed by atoms with Gasteiger partial charge in [-0.1, -0.05) is 32.0 Å². The van der Waals surface area contributed by atoms with Gasteiger partial charge in [0.2, 0.25) is 0 Å². The molecule has 0 unspecified atom stereocenters. The number of para-hydroxylation sites is 1. The number of hydrogen-bond donors (Lipinski definition) is 1. The molecule has 1 atom stereocenters. The minimum absolute atomic E-state index is 0.0813. The van der Waals surface area contributed by atoms with Crippen molar-refractivity contribution in [3.8, 4) is 5.75 Å². The van der Waals surface area contributed by atoms with Crippen LogP contribution >= 0.6 is 0 Å². The number of nitro groups is 1. The number of benzene rings is 2. The van der Waals surface area contributed by atoms with E-state index in [0.29, 0.717) is 0 Å². The highest BCUT2D eigenvalue weighted by Gasteiger charge is 2.20. The van der Waals surface area contributed by atoms with Crippen molar-refractivity contribution in [2.24, 2.45) is 0 Å².